The van der Waals surface area contributed by atoms with E-state index in [0.717, 1.165) is 0 Å². The third-order valence-electron chi connectivity index (χ3n) is 3.62. The van der Waals surface area contributed by atoms with Crippen LogP contribution in [0.5, 0.6) is 0 Å². The molecule has 0 amide bonds. The van der Waals surface area contributed by atoms with Crippen molar-refractivity contribution in [2.45, 2.75) is 42.5 Å². The summed E-state index contributed by atoms with van der Waals surface area (Å²) in [6.07, 6.45) is -5.52. The minimum Gasteiger partial charge on any atom is -0.481 e. The van der Waals surface area contributed by atoms with Crippen molar-refractivity contribution in [2.24, 2.45) is 0 Å². The fourth-order valence-electron chi connectivity index (χ4n) is 2.50. The van der Waals surface area contributed by atoms with E-state index in [1.165, 1.54) is 0 Å². The molecule has 0 bridgehead atoms. The van der Waals surface area contributed by atoms with Gasteiger partial charge in [0.2, 0.25) is 0 Å². The molecule has 2 fully saturated rings. The Morgan fingerprint density at radius 2 is 1.87 bits per heavy atom. The Balaban J connectivity index is 2.04. The van der Waals surface area contributed by atoms with Gasteiger partial charge in [0.25, 0.3) is 5.79 Å². The molecule has 0 radical (unpaired) electrons. The van der Waals surface area contributed by atoms with Crippen LogP contribution in [0.4, 0.5) is 0 Å². The lowest BCUT2D eigenvalue weighted by atomic mass is 9.96. The lowest BCUT2D eigenvalue weighted by Crippen LogP contribution is -2.50. The maximum absolute atomic E-state index is 11.8. The van der Waals surface area contributed by atoms with E-state index < -0.39 is 67.1 Å². The van der Waals surface area contributed by atoms with Crippen LogP contribution in [-0.4, -0.2) is 86.4 Å². The molecule has 5 N–H and O–H groups in total. The van der Waals surface area contributed by atoms with Gasteiger partial charge >= 0.3 is 17.9 Å². The number of hydrogen-bond acceptors (Lipinski definition) is 9. The van der Waals surface area contributed by atoms with Gasteiger partial charge in [0, 0.05) is 0 Å². The number of rotatable bonds is 6. The fraction of sp³-hybridized carbons (Fsp3) is 0.750. The topological polar surface area (TPSA) is 180 Å². The Labute approximate surface area is 129 Å². The SMILES string of the molecule is O=C(O)CC(O)(CC(=O)O[C@@]1(O)CO[C@@H]2[C@H](O)CO[C@@H]21)C(=O)O. The molecular formula is C12H16O11. The number of carboxylic acid groups (broad SMARTS) is 2. The standard InChI is InChI=1S/C12H16O11/c13-5-3-21-9-8(5)22-4-12(9,20)23-7(16)2-11(19,10(17)18)1-6(14)15/h5,8-9,13,19-20H,1-4H2,(H,14,15)(H,17,18)/t5-,8-,9+,11?,12+/m1/s1. The van der Waals surface area contributed by atoms with Gasteiger partial charge in [-0.3, -0.25) is 9.59 Å². The van der Waals surface area contributed by atoms with E-state index in [1.807, 2.05) is 0 Å². The number of hydrogen-bond donors (Lipinski definition) is 5. The molecule has 0 aromatic carbocycles. The highest BCUT2D eigenvalue weighted by Crippen LogP contribution is 2.35. The van der Waals surface area contributed by atoms with Crippen molar-refractivity contribution >= 4 is 17.9 Å². The second-order valence-corrected chi connectivity index (χ2v) is 5.50. The summed E-state index contributed by atoms with van der Waals surface area (Å²) >= 11 is 0. The lowest BCUT2D eigenvalue weighted by molar-refractivity contribution is -0.240. The number of aliphatic carboxylic acids is 2. The predicted octanol–water partition coefficient (Wildman–Crippen LogP) is -2.94. The summed E-state index contributed by atoms with van der Waals surface area (Å²) in [5.41, 5.74) is -2.88. The van der Waals surface area contributed by atoms with E-state index in [0.29, 0.717) is 0 Å². The van der Waals surface area contributed by atoms with Crippen molar-refractivity contribution in [1.82, 2.24) is 0 Å². The minimum absolute atomic E-state index is 0.146. The Kier molecular flexibility index (Phi) is 4.59. The molecule has 1 unspecified atom stereocenters. The molecule has 11 nitrogen and oxygen atoms in total. The van der Waals surface area contributed by atoms with Gasteiger partial charge in [-0.25, -0.2) is 4.79 Å². The summed E-state index contributed by atoms with van der Waals surface area (Å²) in [6.45, 7) is -0.664. The largest absolute Gasteiger partial charge is 0.481 e. The van der Waals surface area contributed by atoms with Crippen LogP contribution >= 0.6 is 0 Å². The summed E-state index contributed by atoms with van der Waals surface area (Å²) in [7, 11) is 0. The van der Waals surface area contributed by atoms with Gasteiger partial charge in [-0.2, -0.15) is 0 Å². The average molecular weight is 336 g/mol. The number of ether oxygens (including phenoxy) is 3. The predicted molar refractivity (Wildman–Crippen MR) is 66.0 cm³/mol. The summed E-state index contributed by atoms with van der Waals surface area (Å²) in [5, 5.41) is 47.0. The molecule has 2 aliphatic heterocycles. The maximum atomic E-state index is 11.8. The summed E-state index contributed by atoms with van der Waals surface area (Å²) in [5.74, 6) is -7.17. The van der Waals surface area contributed by atoms with Crippen LogP contribution in [-0.2, 0) is 28.6 Å². The quantitative estimate of drug-likeness (QED) is 0.247. The van der Waals surface area contributed by atoms with Crippen LogP contribution in [0.1, 0.15) is 12.8 Å². The normalized spacial score (nSPS) is 35.3. The number of esters is 1. The van der Waals surface area contributed by atoms with Crippen LogP contribution in [0, 0.1) is 0 Å². The van der Waals surface area contributed by atoms with Crippen molar-refractivity contribution < 1.29 is 54.1 Å². The molecule has 130 valence electrons. The van der Waals surface area contributed by atoms with Gasteiger partial charge in [-0.1, -0.05) is 0 Å². The highest BCUT2D eigenvalue weighted by Gasteiger charge is 2.59. The van der Waals surface area contributed by atoms with Crippen LogP contribution < -0.4 is 0 Å². The highest BCUT2D eigenvalue weighted by atomic mass is 16.7. The van der Waals surface area contributed by atoms with E-state index in [4.69, 9.17) is 24.4 Å². The number of fused-ring (bicyclic) bond motifs is 1. The molecule has 2 rings (SSSR count). The minimum atomic E-state index is -2.88. The molecule has 0 saturated carbocycles. The Bertz CT molecular complexity index is 519. The summed E-state index contributed by atoms with van der Waals surface area (Å²) in [4.78, 5) is 33.4. The van der Waals surface area contributed by atoms with Crippen LogP contribution in [0.2, 0.25) is 0 Å². The molecule has 23 heavy (non-hydrogen) atoms. The van der Waals surface area contributed by atoms with Crippen molar-refractivity contribution in [3.63, 3.8) is 0 Å². The van der Waals surface area contributed by atoms with Crippen molar-refractivity contribution in [3.05, 3.63) is 0 Å². The molecule has 11 heteroatoms. The molecule has 2 saturated heterocycles. The number of carboxylic acids is 2. The summed E-state index contributed by atoms with van der Waals surface area (Å²) in [6, 6.07) is 0. The average Bonchev–Trinajstić information content (AvgIpc) is 2.91. The van der Waals surface area contributed by atoms with E-state index in [9.17, 15) is 29.7 Å². The van der Waals surface area contributed by atoms with Gasteiger partial charge in [0.15, 0.2) is 11.7 Å². The van der Waals surface area contributed by atoms with Crippen LogP contribution in [0.25, 0.3) is 0 Å². The molecule has 5 atom stereocenters. The zero-order valence-electron chi connectivity index (χ0n) is 11.7. The number of aliphatic hydroxyl groups excluding tert-OH is 1. The second-order valence-electron chi connectivity index (χ2n) is 5.50. The zero-order valence-corrected chi connectivity index (χ0v) is 11.7. The van der Waals surface area contributed by atoms with Crippen LogP contribution in [0.15, 0.2) is 0 Å². The van der Waals surface area contributed by atoms with Gasteiger partial charge in [-0.15, -0.1) is 0 Å². The fourth-order valence-corrected chi connectivity index (χ4v) is 2.50. The Hall–Kier alpha value is -1.79. The molecular weight excluding hydrogens is 320 g/mol. The smallest absolute Gasteiger partial charge is 0.336 e. The maximum Gasteiger partial charge on any atom is 0.336 e. The molecule has 2 heterocycles. The first-order valence-corrected chi connectivity index (χ1v) is 6.60. The van der Waals surface area contributed by atoms with Gasteiger partial charge in [0.05, 0.1) is 19.4 Å². The van der Waals surface area contributed by atoms with Crippen molar-refractivity contribution in [1.29, 1.82) is 0 Å². The first-order valence-electron chi connectivity index (χ1n) is 6.60. The molecule has 0 aromatic rings. The molecule has 0 aromatic heterocycles. The molecule has 2 aliphatic rings. The van der Waals surface area contributed by atoms with E-state index in [-0.39, 0.29) is 6.61 Å². The molecule has 0 aliphatic carbocycles. The third kappa shape index (κ3) is 3.43. The van der Waals surface area contributed by atoms with Gasteiger partial charge < -0.3 is 39.7 Å². The van der Waals surface area contributed by atoms with Crippen molar-refractivity contribution in [3.8, 4) is 0 Å². The number of carbonyl (C=O) groups excluding carboxylic acids is 1. The second kappa shape index (κ2) is 6.02. The highest BCUT2D eigenvalue weighted by molar-refractivity contribution is 5.88. The lowest BCUT2D eigenvalue weighted by Gasteiger charge is -2.28. The van der Waals surface area contributed by atoms with E-state index in [2.05, 4.69) is 0 Å². The Morgan fingerprint density at radius 3 is 2.43 bits per heavy atom. The number of carbonyl (C=O) groups is 3. The van der Waals surface area contributed by atoms with Crippen LogP contribution in [0.3, 0.4) is 0 Å². The third-order valence-corrected chi connectivity index (χ3v) is 3.62. The first-order chi connectivity index (χ1) is 10.6. The zero-order chi connectivity index (χ0) is 17.4. The van der Waals surface area contributed by atoms with Crippen molar-refractivity contribution in [2.75, 3.05) is 13.2 Å². The Morgan fingerprint density at radius 1 is 1.22 bits per heavy atom. The van der Waals surface area contributed by atoms with E-state index >= 15 is 0 Å². The van der Waals surface area contributed by atoms with Gasteiger partial charge in [-0.05, 0) is 0 Å². The first kappa shape index (κ1) is 17.6. The van der Waals surface area contributed by atoms with Gasteiger partial charge in [0.1, 0.15) is 18.8 Å². The number of aliphatic hydroxyl groups is 3. The van der Waals surface area contributed by atoms with E-state index in [1.54, 1.807) is 0 Å². The monoisotopic (exact) mass is 336 g/mol. The summed E-state index contributed by atoms with van der Waals surface area (Å²) < 4.78 is 14.9. The molecule has 0 spiro atoms.